The van der Waals surface area contributed by atoms with Gasteiger partial charge in [0.15, 0.2) is 0 Å². The number of hydrogen-bond acceptors (Lipinski definition) is 3. The average molecular weight is 142 g/mol. The molecule has 0 amide bonds. The highest BCUT2D eigenvalue weighted by Crippen LogP contribution is 1.94. The summed E-state index contributed by atoms with van der Waals surface area (Å²) in [6, 6.07) is 0.231. The standard InChI is InChI=1S/C5H16B2N2O/c1-4(6)10-7-5(2,9)3-8/h4,7H,3,6,8-9H2,1-2H3. The molecule has 0 saturated heterocycles. The summed E-state index contributed by atoms with van der Waals surface area (Å²) in [7, 11) is 2.51. The molecule has 2 unspecified atom stereocenters. The minimum atomic E-state index is -0.371. The highest BCUT2D eigenvalue weighted by molar-refractivity contribution is 6.33. The second-order valence-electron chi connectivity index (χ2n) is 3.22. The summed E-state index contributed by atoms with van der Waals surface area (Å²) >= 11 is 0. The Kier molecular flexibility index (Phi) is 4.01. The monoisotopic (exact) mass is 142 g/mol. The fraction of sp³-hybridized carbons (Fsp3) is 1.00. The summed E-state index contributed by atoms with van der Waals surface area (Å²) in [5.74, 6) is 0. The van der Waals surface area contributed by atoms with Gasteiger partial charge in [0, 0.05) is 18.0 Å². The van der Waals surface area contributed by atoms with Crippen molar-refractivity contribution in [2.45, 2.75) is 25.3 Å². The van der Waals surface area contributed by atoms with E-state index in [1.807, 2.05) is 21.7 Å². The molecule has 0 aromatic carbocycles. The van der Waals surface area contributed by atoms with Crippen LogP contribution < -0.4 is 11.5 Å². The molecule has 0 bridgehead atoms. The van der Waals surface area contributed by atoms with Crippen LogP contribution in [0, 0.1) is 0 Å². The third-order valence-corrected chi connectivity index (χ3v) is 1.21. The van der Waals surface area contributed by atoms with Crippen LogP contribution in [-0.2, 0) is 4.65 Å². The zero-order valence-corrected chi connectivity index (χ0v) is 7.05. The maximum atomic E-state index is 5.71. The van der Waals surface area contributed by atoms with E-state index in [0.717, 1.165) is 0 Å². The molecule has 0 fully saturated rings. The van der Waals surface area contributed by atoms with Crippen LogP contribution in [0.15, 0.2) is 0 Å². The molecule has 3 nitrogen and oxygen atoms in total. The Labute approximate surface area is 64.2 Å². The van der Waals surface area contributed by atoms with Gasteiger partial charge in [0.05, 0.1) is 0 Å². The zero-order valence-electron chi connectivity index (χ0n) is 7.05. The Balaban J connectivity index is 3.46. The van der Waals surface area contributed by atoms with Crippen LogP contribution in [-0.4, -0.2) is 33.3 Å². The van der Waals surface area contributed by atoms with E-state index < -0.39 is 0 Å². The molecule has 5 heteroatoms. The molecule has 0 aromatic heterocycles. The van der Waals surface area contributed by atoms with Crippen molar-refractivity contribution in [1.82, 2.24) is 0 Å². The summed E-state index contributed by atoms with van der Waals surface area (Å²) in [6.45, 7) is 4.32. The smallest absolute Gasteiger partial charge is 0.295 e. The van der Waals surface area contributed by atoms with Gasteiger partial charge in [-0.05, 0) is 6.92 Å². The lowest BCUT2D eigenvalue weighted by atomic mass is 9.73. The van der Waals surface area contributed by atoms with Crippen molar-refractivity contribution in [3.8, 4) is 0 Å². The molecule has 4 N–H and O–H groups in total. The Hall–Kier alpha value is 0.00987. The summed E-state index contributed by atoms with van der Waals surface area (Å²) in [5, 5.41) is 0. The first-order chi connectivity index (χ1) is 4.48. The van der Waals surface area contributed by atoms with E-state index in [4.69, 9.17) is 16.1 Å². The summed E-state index contributed by atoms with van der Waals surface area (Å²) in [6.07, 6.45) is 0. The van der Waals surface area contributed by atoms with E-state index in [2.05, 4.69) is 0 Å². The van der Waals surface area contributed by atoms with E-state index in [0.29, 0.717) is 14.0 Å². The quantitative estimate of drug-likeness (QED) is 0.444. The Bertz CT molecular complexity index is 97.6. The SMILES string of the molecule is BC(C)OBC(C)(N)CN. The van der Waals surface area contributed by atoms with Crippen LogP contribution in [0.4, 0.5) is 0 Å². The lowest BCUT2D eigenvalue weighted by molar-refractivity contribution is 0.301. The Morgan fingerprint density at radius 1 is 1.80 bits per heavy atom. The van der Waals surface area contributed by atoms with Crippen molar-refractivity contribution < 1.29 is 4.65 Å². The lowest BCUT2D eigenvalue weighted by Crippen LogP contribution is -2.51. The van der Waals surface area contributed by atoms with Crippen molar-refractivity contribution in [2.24, 2.45) is 11.5 Å². The third-order valence-electron chi connectivity index (χ3n) is 1.21. The topological polar surface area (TPSA) is 61.3 Å². The molecule has 0 aliphatic carbocycles. The van der Waals surface area contributed by atoms with Crippen molar-refractivity contribution in [2.75, 3.05) is 6.54 Å². The van der Waals surface area contributed by atoms with Crippen molar-refractivity contribution in [3.05, 3.63) is 0 Å². The van der Waals surface area contributed by atoms with Gasteiger partial charge in [-0.15, -0.1) is 0 Å². The van der Waals surface area contributed by atoms with Gasteiger partial charge in [0.1, 0.15) is 7.85 Å². The van der Waals surface area contributed by atoms with Gasteiger partial charge < -0.3 is 16.1 Å². The first-order valence-electron chi connectivity index (χ1n) is 3.58. The van der Waals surface area contributed by atoms with Crippen molar-refractivity contribution in [1.29, 1.82) is 0 Å². The fourth-order valence-corrected chi connectivity index (χ4v) is 0.416. The van der Waals surface area contributed by atoms with Gasteiger partial charge in [-0.3, -0.25) is 0 Å². The predicted molar refractivity (Wildman–Crippen MR) is 47.9 cm³/mol. The van der Waals surface area contributed by atoms with Gasteiger partial charge in [-0.2, -0.15) is 0 Å². The molecular formula is C5H16B2N2O. The van der Waals surface area contributed by atoms with Crippen LogP contribution in [0.1, 0.15) is 13.8 Å². The summed E-state index contributed by atoms with van der Waals surface area (Å²) in [5.41, 5.74) is 10.7. The van der Waals surface area contributed by atoms with E-state index >= 15 is 0 Å². The largest absolute Gasteiger partial charge is 0.443 e. The maximum Gasteiger partial charge on any atom is 0.295 e. The minimum absolute atomic E-state index is 0.231. The Morgan fingerprint density at radius 2 is 2.30 bits per heavy atom. The lowest BCUT2D eigenvalue weighted by Gasteiger charge is -2.21. The molecule has 0 spiro atoms. The molecule has 0 rings (SSSR count). The van der Waals surface area contributed by atoms with Crippen LogP contribution in [0.3, 0.4) is 0 Å². The molecule has 0 radical (unpaired) electrons. The highest BCUT2D eigenvalue weighted by Gasteiger charge is 2.19. The number of nitrogens with two attached hydrogens (primary N) is 2. The molecule has 0 aromatic rings. The molecule has 0 aliphatic rings. The minimum Gasteiger partial charge on any atom is -0.443 e. The normalized spacial score (nSPS) is 19.6. The molecule has 10 heavy (non-hydrogen) atoms. The molecule has 0 aliphatic heterocycles. The Morgan fingerprint density at radius 3 is 2.60 bits per heavy atom. The third kappa shape index (κ3) is 4.85. The van der Waals surface area contributed by atoms with Gasteiger partial charge >= 0.3 is 0 Å². The van der Waals surface area contributed by atoms with Crippen LogP contribution in [0.25, 0.3) is 0 Å². The second-order valence-corrected chi connectivity index (χ2v) is 3.22. The summed E-state index contributed by atoms with van der Waals surface area (Å²) < 4.78 is 5.29. The average Bonchev–Trinajstić information content (AvgIpc) is 1.85. The number of rotatable bonds is 4. The van der Waals surface area contributed by atoms with E-state index in [-0.39, 0.29) is 11.4 Å². The van der Waals surface area contributed by atoms with E-state index in [1.54, 1.807) is 0 Å². The second kappa shape index (κ2) is 4.01. The van der Waals surface area contributed by atoms with Gasteiger partial charge in [0.25, 0.3) is 7.48 Å². The van der Waals surface area contributed by atoms with Crippen molar-refractivity contribution in [3.63, 3.8) is 0 Å². The highest BCUT2D eigenvalue weighted by atomic mass is 16.4. The van der Waals surface area contributed by atoms with Gasteiger partial charge in [0.2, 0.25) is 0 Å². The van der Waals surface area contributed by atoms with Crippen LogP contribution in [0.5, 0.6) is 0 Å². The van der Waals surface area contributed by atoms with E-state index in [9.17, 15) is 0 Å². The first kappa shape index (κ1) is 10.0. The van der Waals surface area contributed by atoms with Crippen LogP contribution >= 0.6 is 0 Å². The maximum absolute atomic E-state index is 5.71. The molecule has 0 heterocycles. The predicted octanol–water partition coefficient (Wildman–Crippen LogP) is -2.03. The van der Waals surface area contributed by atoms with Crippen LogP contribution in [0.2, 0.25) is 0 Å². The molecular weight excluding hydrogens is 126 g/mol. The summed E-state index contributed by atoms with van der Waals surface area (Å²) in [4.78, 5) is 0. The zero-order chi connectivity index (χ0) is 8.20. The van der Waals surface area contributed by atoms with Gasteiger partial charge in [-0.1, -0.05) is 6.92 Å². The molecule has 2 atom stereocenters. The molecule has 58 valence electrons. The van der Waals surface area contributed by atoms with E-state index in [1.165, 1.54) is 0 Å². The fourth-order valence-electron chi connectivity index (χ4n) is 0.416. The first-order valence-corrected chi connectivity index (χ1v) is 3.58. The number of hydrogen-bond donors (Lipinski definition) is 2. The molecule has 0 saturated carbocycles. The van der Waals surface area contributed by atoms with Crippen molar-refractivity contribution >= 4 is 15.3 Å². The van der Waals surface area contributed by atoms with Gasteiger partial charge in [-0.25, -0.2) is 0 Å².